The van der Waals surface area contributed by atoms with E-state index in [1.165, 1.54) is 12.8 Å². The van der Waals surface area contributed by atoms with Crippen molar-refractivity contribution in [3.63, 3.8) is 0 Å². The van der Waals surface area contributed by atoms with Gasteiger partial charge in [0.25, 0.3) is 0 Å². The number of rotatable bonds is 3. The molecule has 7 atom stereocenters. The van der Waals surface area contributed by atoms with E-state index < -0.39 is 6.10 Å². The highest BCUT2D eigenvalue weighted by molar-refractivity contribution is 5.16. The van der Waals surface area contributed by atoms with Gasteiger partial charge in [-0.1, -0.05) is 20.8 Å². The van der Waals surface area contributed by atoms with Gasteiger partial charge in [-0.25, -0.2) is 0 Å². The van der Waals surface area contributed by atoms with Crippen molar-refractivity contribution in [1.29, 1.82) is 0 Å². The van der Waals surface area contributed by atoms with Crippen molar-refractivity contribution in [2.75, 3.05) is 0 Å². The highest BCUT2D eigenvalue weighted by Gasteiger charge is 2.69. The second-order valence-corrected chi connectivity index (χ2v) is 7.75. The maximum Gasteiger partial charge on any atom is 0.158 e. The third-order valence-corrected chi connectivity index (χ3v) is 6.72. The molecule has 3 fully saturated rings. The second kappa shape index (κ2) is 4.19. The minimum atomic E-state index is -0.437. The molecule has 0 spiro atoms. The molecule has 0 aromatic heterocycles. The SMILES string of the molecule is C[C@H](O)[C@H](C)O[C@@H]1C[C@H]2[C@H]3CC[C@@](C)([C@H]2O1)C3(C)C. The minimum Gasteiger partial charge on any atom is -0.391 e. The highest BCUT2D eigenvalue weighted by Crippen LogP contribution is 2.71. The van der Waals surface area contributed by atoms with Crippen LogP contribution >= 0.6 is 0 Å². The zero-order chi connectivity index (χ0) is 14.0. The number of ether oxygens (including phenoxy) is 2. The van der Waals surface area contributed by atoms with Gasteiger partial charge in [-0.15, -0.1) is 0 Å². The third-order valence-electron chi connectivity index (χ3n) is 6.72. The van der Waals surface area contributed by atoms with Gasteiger partial charge >= 0.3 is 0 Å². The molecule has 3 rings (SSSR count). The lowest BCUT2D eigenvalue weighted by Gasteiger charge is -2.38. The van der Waals surface area contributed by atoms with Crippen LogP contribution in [0, 0.1) is 22.7 Å². The summed E-state index contributed by atoms with van der Waals surface area (Å²) in [5, 5.41) is 9.55. The summed E-state index contributed by atoms with van der Waals surface area (Å²) < 4.78 is 12.1. The van der Waals surface area contributed by atoms with E-state index in [-0.39, 0.29) is 12.4 Å². The maximum atomic E-state index is 9.55. The molecule has 3 nitrogen and oxygen atoms in total. The molecule has 1 heterocycles. The number of hydrogen-bond acceptors (Lipinski definition) is 3. The molecule has 2 bridgehead atoms. The number of aliphatic hydroxyl groups is 1. The molecule has 0 aromatic carbocycles. The Balaban J connectivity index is 1.72. The number of fused-ring (bicyclic) bond motifs is 5. The molecule has 110 valence electrons. The van der Waals surface area contributed by atoms with Crippen molar-refractivity contribution in [2.45, 2.75) is 78.5 Å². The maximum absolute atomic E-state index is 9.55. The zero-order valence-corrected chi connectivity index (χ0v) is 12.8. The average Bonchev–Trinajstić information content (AvgIpc) is 2.85. The van der Waals surface area contributed by atoms with Crippen LogP contribution in [-0.4, -0.2) is 29.7 Å². The summed E-state index contributed by atoms with van der Waals surface area (Å²) >= 11 is 0. The van der Waals surface area contributed by atoms with E-state index in [1.54, 1.807) is 6.92 Å². The smallest absolute Gasteiger partial charge is 0.158 e. The van der Waals surface area contributed by atoms with Gasteiger partial charge in [0.2, 0.25) is 0 Å². The van der Waals surface area contributed by atoms with Crippen molar-refractivity contribution in [3.8, 4) is 0 Å². The summed E-state index contributed by atoms with van der Waals surface area (Å²) in [6.07, 6.45) is 3.28. The van der Waals surface area contributed by atoms with Gasteiger partial charge in [-0.2, -0.15) is 0 Å². The van der Waals surface area contributed by atoms with E-state index in [1.807, 2.05) is 6.92 Å². The van der Waals surface area contributed by atoms with Crippen molar-refractivity contribution < 1.29 is 14.6 Å². The Morgan fingerprint density at radius 3 is 2.53 bits per heavy atom. The number of hydrogen-bond donors (Lipinski definition) is 1. The average molecular weight is 268 g/mol. The van der Waals surface area contributed by atoms with E-state index in [9.17, 15) is 5.11 Å². The molecule has 1 N–H and O–H groups in total. The summed E-state index contributed by atoms with van der Waals surface area (Å²) in [7, 11) is 0. The monoisotopic (exact) mass is 268 g/mol. The molecule has 0 unspecified atom stereocenters. The van der Waals surface area contributed by atoms with Crippen LogP contribution in [0.4, 0.5) is 0 Å². The van der Waals surface area contributed by atoms with E-state index in [2.05, 4.69) is 20.8 Å². The summed E-state index contributed by atoms with van der Waals surface area (Å²) in [6.45, 7) is 10.9. The third kappa shape index (κ3) is 1.74. The molecular formula is C16H28O3. The molecule has 3 heteroatoms. The van der Waals surface area contributed by atoms with Crippen LogP contribution in [0.3, 0.4) is 0 Å². The fourth-order valence-corrected chi connectivity index (χ4v) is 4.92. The molecule has 2 saturated carbocycles. The molecule has 1 saturated heterocycles. The fraction of sp³-hybridized carbons (Fsp3) is 1.00. The van der Waals surface area contributed by atoms with Crippen LogP contribution < -0.4 is 0 Å². The van der Waals surface area contributed by atoms with Crippen molar-refractivity contribution in [2.24, 2.45) is 22.7 Å². The van der Waals surface area contributed by atoms with Gasteiger partial charge < -0.3 is 14.6 Å². The molecule has 0 aromatic rings. The summed E-state index contributed by atoms with van der Waals surface area (Å²) in [5.74, 6) is 1.43. The van der Waals surface area contributed by atoms with Gasteiger partial charge in [-0.05, 0) is 49.4 Å². The molecule has 1 aliphatic heterocycles. The standard InChI is InChI=1S/C16H28O3/c1-9(17)10(2)18-13-8-11-12-6-7-16(5,14(11)19-13)15(12,3)4/h9-14,17H,6-8H2,1-5H3/t9-,10-,11-,12+,13-,14-,16-/m0/s1. The molecular weight excluding hydrogens is 240 g/mol. The van der Waals surface area contributed by atoms with Crippen molar-refractivity contribution in [1.82, 2.24) is 0 Å². The number of aliphatic hydroxyl groups excluding tert-OH is 1. The Labute approximate surface area is 116 Å². The lowest BCUT2D eigenvalue weighted by Crippen LogP contribution is -2.38. The van der Waals surface area contributed by atoms with E-state index in [0.717, 1.165) is 12.3 Å². The lowest BCUT2D eigenvalue weighted by molar-refractivity contribution is -0.196. The van der Waals surface area contributed by atoms with Crippen LogP contribution in [0.5, 0.6) is 0 Å². The van der Waals surface area contributed by atoms with E-state index in [4.69, 9.17) is 9.47 Å². The van der Waals surface area contributed by atoms with E-state index in [0.29, 0.717) is 22.9 Å². The Hall–Kier alpha value is -0.120. The van der Waals surface area contributed by atoms with Gasteiger partial charge in [-0.3, -0.25) is 0 Å². The molecule has 3 aliphatic rings. The first kappa shape index (κ1) is 13.8. The van der Waals surface area contributed by atoms with Crippen molar-refractivity contribution >= 4 is 0 Å². The van der Waals surface area contributed by atoms with Crippen LogP contribution in [0.1, 0.15) is 53.9 Å². The predicted octanol–water partition coefficient (Wildman–Crippen LogP) is 2.96. The Kier molecular flexibility index (Phi) is 3.05. The van der Waals surface area contributed by atoms with Gasteiger partial charge in [0.15, 0.2) is 6.29 Å². The Bertz CT molecular complexity index is 365. The van der Waals surface area contributed by atoms with Gasteiger partial charge in [0.05, 0.1) is 18.3 Å². The fourth-order valence-electron chi connectivity index (χ4n) is 4.92. The lowest BCUT2D eigenvalue weighted by atomic mass is 9.70. The van der Waals surface area contributed by atoms with Gasteiger partial charge in [0.1, 0.15) is 0 Å². The predicted molar refractivity (Wildman–Crippen MR) is 73.6 cm³/mol. The second-order valence-electron chi connectivity index (χ2n) is 7.75. The first-order chi connectivity index (χ1) is 8.77. The Morgan fingerprint density at radius 2 is 1.95 bits per heavy atom. The summed E-state index contributed by atoms with van der Waals surface area (Å²) in [4.78, 5) is 0. The first-order valence-corrected chi connectivity index (χ1v) is 7.76. The van der Waals surface area contributed by atoms with Crippen LogP contribution in [0.2, 0.25) is 0 Å². The zero-order valence-electron chi connectivity index (χ0n) is 12.8. The van der Waals surface area contributed by atoms with Crippen molar-refractivity contribution in [3.05, 3.63) is 0 Å². The largest absolute Gasteiger partial charge is 0.391 e. The van der Waals surface area contributed by atoms with Gasteiger partial charge in [0, 0.05) is 6.42 Å². The molecule has 2 aliphatic carbocycles. The van der Waals surface area contributed by atoms with Crippen LogP contribution in [0.25, 0.3) is 0 Å². The summed E-state index contributed by atoms with van der Waals surface area (Å²) in [5.41, 5.74) is 0.692. The highest BCUT2D eigenvalue weighted by atomic mass is 16.7. The van der Waals surface area contributed by atoms with Crippen LogP contribution in [0.15, 0.2) is 0 Å². The summed E-state index contributed by atoms with van der Waals surface area (Å²) in [6, 6.07) is 0. The first-order valence-electron chi connectivity index (χ1n) is 7.76. The molecule has 0 radical (unpaired) electrons. The normalized spacial score (nSPS) is 50.2. The quantitative estimate of drug-likeness (QED) is 0.855. The van der Waals surface area contributed by atoms with Crippen LogP contribution in [-0.2, 0) is 9.47 Å². The van der Waals surface area contributed by atoms with E-state index >= 15 is 0 Å². The molecule has 0 amide bonds. The molecule has 19 heavy (non-hydrogen) atoms. The Morgan fingerprint density at radius 1 is 1.26 bits per heavy atom. The minimum absolute atomic E-state index is 0.115. The topological polar surface area (TPSA) is 38.7 Å².